The van der Waals surface area contributed by atoms with Crippen molar-refractivity contribution in [3.63, 3.8) is 0 Å². The van der Waals surface area contributed by atoms with Crippen LogP contribution in [0.1, 0.15) is 0 Å². The summed E-state index contributed by atoms with van der Waals surface area (Å²) >= 11 is 20.9. The monoisotopic (exact) mass is 253 g/mol. The quantitative estimate of drug-likeness (QED) is 0.311. The van der Waals surface area contributed by atoms with E-state index in [1.807, 2.05) is 0 Å². The van der Waals surface area contributed by atoms with Crippen molar-refractivity contribution in [2.45, 2.75) is 24.5 Å². The molecule has 0 aromatic heterocycles. The largest absolute Gasteiger partial charge is 0.397 e. The Morgan fingerprint density at radius 1 is 0.583 bits per heavy atom. The molecule has 0 saturated heterocycles. The maximum Gasteiger partial charge on any atom is 0.0608 e. The molecule has 1 aromatic carbocycles. The predicted octanol–water partition coefficient (Wildman–Crippen LogP) is 2.71. The summed E-state index contributed by atoms with van der Waals surface area (Å²) in [6.45, 7) is 0. The third-order valence-corrected chi connectivity index (χ3v) is 4.38. The van der Waals surface area contributed by atoms with Crippen molar-refractivity contribution in [2.24, 2.45) is 0 Å². The fourth-order valence-corrected chi connectivity index (χ4v) is 2.19. The molecule has 0 unspecified atom stereocenters. The van der Waals surface area contributed by atoms with Crippen LogP contribution in [0.25, 0.3) is 0 Å². The van der Waals surface area contributed by atoms with Gasteiger partial charge in [-0.2, -0.15) is 0 Å². The minimum atomic E-state index is 0.481. The Labute approximate surface area is 98.5 Å². The van der Waals surface area contributed by atoms with Crippen molar-refractivity contribution in [2.75, 3.05) is 5.73 Å². The highest BCUT2D eigenvalue weighted by atomic mass is 32.1. The SMILES string of the molecule is Nc1c(S)c(S)c(S)c(S)c1S. The van der Waals surface area contributed by atoms with Gasteiger partial charge in [-0.1, -0.05) is 0 Å². The van der Waals surface area contributed by atoms with E-state index in [1.54, 1.807) is 0 Å². The van der Waals surface area contributed by atoms with Gasteiger partial charge in [-0.3, -0.25) is 0 Å². The van der Waals surface area contributed by atoms with Crippen LogP contribution in [-0.2, 0) is 0 Å². The van der Waals surface area contributed by atoms with E-state index >= 15 is 0 Å². The first-order valence-corrected chi connectivity index (χ1v) is 5.14. The molecule has 0 bridgehead atoms. The van der Waals surface area contributed by atoms with Gasteiger partial charge in [0.15, 0.2) is 0 Å². The van der Waals surface area contributed by atoms with Crippen LogP contribution in [0.2, 0.25) is 0 Å². The zero-order chi connectivity index (χ0) is 9.46. The van der Waals surface area contributed by atoms with Crippen LogP contribution in [0, 0.1) is 0 Å². The third kappa shape index (κ3) is 1.68. The maximum atomic E-state index is 5.67. The van der Waals surface area contributed by atoms with E-state index in [4.69, 9.17) is 5.73 Å². The summed E-state index contributed by atoms with van der Waals surface area (Å²) in [5, 5.41) is 0. The highest BCUT2D eigenvalue weighted by molar-refractivity contribution is 7.87. The zero-order valence-electron chi connectivity index (χ0n) is 5.81. The Morgan fingerprint density at radius 3 is 1.17 bits per heavy atom. The van der Waals surface area contributed by atoms with E-state index < -0.39 is 0 Å². The number of nitrogen functional groups attached to an aromatic ring is 1. The molecular weight excluding hydrogens is 246 g/mol. The highest BCUT2D eigenvalue weighted by Crippen LogP contribution is 2.40. The van der Waals surface area contributed by atoms with Crippen LogP contribution in [0.15, 0.2) is 24.5 Å². The number of anilines is 1. The van der Waals surface area contributed by atoms with Gasteiger partial charge in [-0.25, -0.2) is 0 Å². The van der Waals surface area contributed by atoms with E-state index in [9.17, 15) is 0 Å². The number of hydrogen-bond acceptors (Lipinski definition) is 6. The Hall–Kier alpha value is 0.770. The molecule has 0 aliphatic carbocycles. The molecule has 0 saturated carbocycles. The first kappa shape index (κ1) is 10.8. The van der Waals surface area contributed by atoms with Gasteiger partial charge in [0.1, 0.15) is 0 Å². The molecule has 0 amide bonds. The summed E-state index contributed by atoms with van der Waals surface area (Å²) in [7, 11) is 0. The van der Waals surface area contributed by atoms with Gasteiger partial charge < -0.3 is 5.73 Å². The third-order valence-electron chi connectivity index (χ3n) is 1.41. The van der Waals surface area contributed by atoms with Crippen LogP contribution in [-0.4, -0.2) is 0 Å². The summed E-state index contributed by atoms with van der Waals surface area (Å²) in [4.78, 5) is 3.08. The minimum absolute atomic E-state index is 0.481. The molecule has 0 atom stereocenters. The van der Waals surface area contributed by atoms with Gasteiger partial charge in [0, 0.05) is 24.5 Å². The highest BCUT2D eigenvalue weighted by Gasteiger charge is 2.12. The average molecular weight is 253 g/mol. The molecule has 12 heavy (non-hydrogen) atoms. The molecule has 2 N–H and O–H groups in total. The standard InChI is InChI=1S/C6H7NS5/c7-1-2(8)4(10)6(12)5(11)3(1)9/h8-12H,7H2. The minimum Gasteiger partial charge on any atom is -0.397 e. The van der Waals surface area contributed by atoms with Crippen molar-refractivity contribution in [1.29, 1.82) is 0 Å². The second-order valence-corrected chi connectivity index (χ2v) is 4.39. The van der Waals surface area contributed by atoms with E-state index in [1.165, 1.54) is 0 Å². The van der Waals surface area contributed by atoms with Gasteiger partial charge in [-0.15, -0.1) is 63.1 Å². The molecule has 0 spiro atoms. The van der Waals surface area contributed by atoms with E-state index in [2.05, 4.69) is 63.1 Å². The number of rotatable bonds is 0. The lowest BCUT2D eigenvalue weighted by atomic mass is 10.3. The molecule has 66 valence electrons. The Balaban J connectivity index is 3.60. The smallest absolute Gasteiger partial charge is 0.0608 e. The summed E-state index contributed by atoms with van der Waals surface area (Å²) in [6, 6.07) is 0. The topological polar surface area (TPSA) is 26.0 Å². The molecular formula is C6H7NS5. The fraction of sp³-hybridized carbons (Fsp3) is 0. The summed E-state index contributed by atoms with van der Waals surface area (Å²) in [5.74, 6) is 0. The first-order chi connectivity index (χ1) is 5.46. The second-order valence-electron chi connectivity index (χ2n) is 2.16. The second kappa shape index (κ2) is 3.88. The molecule has 0 aliphatic rings. The van der Waals surface area contributed by atoms with Crippen molar-refractivity contribution in [1.82, 2.24) is 0 Å². The Bertz CT molecular complexity index is 230. The molecule has 1 rings (SSSR count). The Morgan fingerprint density at radius 2 is 0.833 bits per heavy atom. The van der Waals surface area contributed by atoms with E-state index in [0.29, 0.717) is 30.2 Å². The molecule has 1 aromatic rings. The zero-order valence-corrected chi connectivity index (χ0v) is 10.3. The summed E-state index contributed by atoms with van der Waals surface area (Å²) < 4.78 is 0. The average Bonchev–Trinajstić information content (AvgIpc) is 2.08. The van der Waals surface area contributed by atoms with Gasteiger partial charge in [0.05, 0.1) is 5.69 Å². The van der Waals surface area contributed by atoms with Crippen molar-refractivity contribution < 1.29 is 0 Å². The van der Waals surface area contributed by atoms with E-state index in [-0.39, 0.29) is 0 Å². The van der Waals surface area contributed by atoms with Crippen molar-refractivity contribution in [3.8, 4) is 0 Å². The van der Waals surface area contributed by atoms with Crippen molar-refractivity contribution in [3.05, 3.63) is 0 Å². The van der Waals surface area contributed by atoms with E-state index in [0.717, 1.165) is 0 Å². The molecule has 0 radical (unpaired) electrons. The normalized spacial score (nSPS) is 10.4. The van der Waals surface area contributed by atoms with Crippen LogP contribution in [0.3, 0.4) is 0 Å². The van der Waals surface area contributed by atoms with Gasteiger partial charge in [-0.05, 0) is 0 Å². The van der Waals surface area contributed by atoms with Crippen molar-refractivity contribution >= 4 is 68.8 Å². The van der Waals surface area contributed by atoms with Gasteiger partial charge in [0.25, 0.3) is 0 Å². The molecule has 0 fully saturated rings. The summed E-state index contributed by atoms with van der Waals surface area (Å²) in [6.07, 6.45) is 0. The van der Waals surface area contributed by atoms with Crippen LogP contribution < -0.4 is 5.73 Å². The Kier molecular flexibility index (Phi) is 3.50. The lowest BCUT2D eigenvalue weighted by molar-refractivity contribution is 0.990. The van der Waals surface area contributed by atoms with Crippen LogP contribution >= 0.6 is 63.1 Å². The molecule has 1 nitrogen and oxygen atoms in total. The number of nitrogens with two attached hydrogens (primary N) is 1. The first-order valence-electron chi connectivity index (χ1n) is 2.91. The number of benzene rings is 1. The molecule has 6 heteroatoms. The summed E-state index contributed by atoms with van der Waals surface area (Å²) in [5.41, 5.74) is 6.15. The maximum absolute atomic E-state index is 5.67. The lowest BCUT2D eigenvalue weighted by Gasteiger charge is -2.11. The van der Waals surface area contributed by atoms with Crippen LogP contribution in [0.5, 0.6) is 0 Å². The van der Waals surface area contributed by atoms with Gasteiger partial charge in [0.2, 0.25) is 0 Å². The van der Waals surface area contributed by atoms with Crippen LogP contribution in [0.4, 0.5) is 5.69 Å². The lowest BCUT2D eigenvalue weighted by Crippen LogP contribution is -1.93. The van der Waals surface area contributed by atoms with Gasteiger partial charge >= 0.3 is 0 Å². The fourth-order valence-electron chi connectivity index (χ4n) is 0.704. The molecule has 0 aliphatic heterocycles. The molecule has 0 heterocycles. The number of thiol groups is 5. The predicted molar refractivity (Wildman–Crippen MR) is 67.1 cm³/mol. The number of hydrogen-bond donors (Lipinski definition) is 6.